The van der Waals surface area contributed by atoms with Gasteiger partial charge in [-0.25, -0.2) is 9.97 Å². The molecule has 0 bridgehead atoms. The van der Waals surface area contributed by atoms with Gasteiger partial charge in [-0.15, -0.1) is 11.3 Å². The molecule has 8 heteroatoms. The van der Waals surface area contributed by atoms with Gasteiger partial charge in [-0.3, -0.25) is 9.78 Å². The van der Waals surface area contributed by atoms with Crippen molar-refractivity contribution >= 4 is 27.5 Å². The molecule has 30 heavy (non-hydrogen) atoms. The molecule has 0 aliphatic carbocycles. The lowest BCUT2D eigenvalue weighted by molar-refractivity contribution is 0.0787. The van der Waals surface area contributed by atoms with Gasteiger partial charge in [0.1, 0.15) is 16.9 Å². The number of rotatable bonds is 4. The monoisotopic (exact) mass is 424 g/mol. The lowest BCUT2D eigenvalue weighted by Gasteiger charge is -2.22. The van der Waals surface area contributed by atoms with Crippen LogP contribution >= 0.6 is 11.3 Å². The molecule has 5 rings (SSSR count). The molecule has 0 spiro atoms. The van der Waals surface area contributed by atoms with E-state index in [-0.39, 0.29) is 11.8 Å². The summed E-state index contributed by atoms with van der Waals surface area (Å²) in [6.07, 6.45) is 6.26. The Labute approximate surface area is 179 Å². The van der Waals surface area contributed by atoms with Crippen molar-refractivity contribution in [2.75, 3.05) is 26.9 Å². The van der Waals surface area contributed by atoms with Gasteiger partial charge in [0.2, 0.25) is 0 Å². The lowest BCUT2D eigenvalue weighted by Crippen LogP contribution is -2.27. The van der Waals surface area contributed by atoms with Gasteiger partial charge in [-0.05, 0) is 37.8 Å². The van der Waals surface area contributed by atoms with Gasteiger partial charge < -0.3 is 14.4 Å². The molecule has 0 aromatic carbocycles. The van der Waals surface area contributed by atoms with Crippen LogP contribution in [0.2, 0.25) is 0 Å². The Hall–Kier alpha value is -2.58. The molecule has 0 radical (unpaired) electrons. The first-order valence-corrected chi connectivity index (χ1v) is 11.1. The molecular weight excluding hydrogens is 400 g/mol. The van der Waals surface area contributed by atoms with E-state index in [4.69, 9.17) is 9.47 Å². The predicted octanol–water partition coefficient (Wildman–Crippen LogP) is 3.50. The molecular formula is C22H24N4O3S. The number of hydrogen-bond donors (Lipinski definition) is 0. The first kappa shape index (κ1) is 19.4. The number of fused-ring (bicyclic) bond motifs is 2. The van der Waals surface area contributed by atoms with Gasteiger partial charge in [0.15, 0.2) is 0 Å². The number of carbonyl (C=O) groups is 1. The minimum Gasteiger partial charge on any atom is -0.491 e. The highest BCUT2D eigenvalue weighted by atomic mass is 32.1. The van der Waals surface area contributed by atoms with Crippen molar-refractivity contribution < 1.29 is 14.3 Å². The van der Waals surface area contributed by atoms with Crippen LogP contribution in [0.5, 0.6) is 5.75 Å². The third kappa shape index (κ3) is 3.33. The first-order chi connectivity index (χ1) is 14.6. The van der Waals surface area contributed by atoms with E-state index in [0.29, 0.717) is 19.8 Å². The molecule has 1 unspecified atom stereocenters. The topological polar surface area (TPSA) is 77.4 Å². The highest BCUT2D eigenvalue weighted by Gasteiger charge is 2.27. The van der Waals surface area contributed by atoms with Gasteiger partial charge in [0.05, 0.1) is 29.5 Å². The SMILES string of the molecule is Cc1c(C(=O)N(C)Cc2ccnc3c2OCCC3)sc2ncnc(C3CCOC3)c12. The molecule has 1 amide bonds. The minimum atomic E-state index is -0.00880. The molecule has 0 N–H and O–H groups in total. The van der Waals surface area contributed by atoms with Crippen LogP contribution in [0.4, 0.5) is 0 Å². The zero-order chi connectivity index (χ0) is 20.7. The van der Waals surface area contributed by atoms with Crippen LogP contribution in [0.1, 0.15) is 50.9 Å². The summed E-state index contributed by atoms with van der Waals surface area (Å²) in [6.45, 7) is 4.61. The predicted molar refractivity (Wildman–Crippen MR) is 114 cm³/mol. The molecule has 3 aromatic rings. The second-order valence-corrected chi connectivity index (χ2v) is 8.91. The Kier molecular flexibility index (Phi) is 5.12. The smallest absolute Gasteiger partial charge is 0.264 e. The maximum Gasteiger partial charge on any atom is 0.264 e. The summed E-state index contributed by atoms with van der Waals surface area (Å²) in [6, 6.07) is 1.94. The molecule has 1 saturated heterocycles. The van der Waals surface area contributed by atoms with E-state index < -0.39 is 0 Å². The molecule has 156 valence electrons. The van der Waals surface area contributed by atoms with E-state index in [1.807, 2.05) is 20.0 Å². The van der Waals surface area contributed by atoms with Crippen molar-refractivity contribution in [3.63, 3.8) is 0 Å². The van der Waals surface area contributed by atoms with Crippen molar-refractivity contribution in [1.82, 2.24) is 19.9 Å². The summed E-state index contributed by atoms with van der Waals surface area (Å²) in [5.74, 6) is 1.10. The summed E-state index contributed by atoms with van der Waals surface area (Å²) in [5.41, 5.74) is 3.95. The fourth-order valence-corrected chi connectivity index (χ4v) is 5.44. The molecule has 7 nitrogen and oxygen atoms in total. The van der Waals surface area contributed by atoms with Crippen molar-refractivity contribution in [1.29, 1.82) is 0 Å². The van der Waals surface area contributed by atoms with Gasteiger partial charge in [0.25, 0.3) is 5.91 Å². The normalized spacial score (nSPS) is 18.3. The van der Waals surface area contributed by atoms with Crippen LogP contribution in [-0.4, -0.2) is 52.6 Å². The lowest BCUT2D eigenvalue weighted by atomic mass is 9.99. The second-order valence-electron chi connectivity index (χ2n) is 7.91. The van der Waals surface area contributed by atoms with Crippen LogP contribution in [-0.2, 0) is 17.7 Å². The molecule has 3 aromatic heterocycles. The van der Waals surface area contributed by atoms with Crippen molar-refractivity contribution in [2.24, 2.45) is 0 Å². The number of nitrogens with zero attached hydrogens (tertiary/aromatic N) is 4. The number of aryl methyl sites for hydroxylation is 2. The quantitative estimate of drug-likeness (QED) is 0.638. The Morgan fingerprint density at radius 3 is 3.03 bits per heavy atom. The van der Waals surface area contributed by atoms with Crippen molar-refractivity contribution in [3.05, 3.63) is 46.0 Å². The zero-order valence-electron chi connectivity index (χ0n) is 17.2. The van der Waals surface area contributed by atoms with Gasteiger partial charge in [0, 0.05) is 43.3 Å². The summed E-state index contributed by atoms with van der Waals surface area (Å²) in [7, 11) is 1.83. The maximum absolute atomic E-state index is 13.3. The van der Waals surface area contributed by atoms with E-state index >= 15 is 0 Å². The number of pyridine rings is 1. The number of thiophene rings is 1. The fourth-order valence-electron chi connectivity index (χ4n) is 4.29. The number of amides is 1. The van der Waals surface area contributed by atoms with E-state index in [1.54, 1.807) is 17.4 Å². The fraction of sp³-hybridized carbons (Fsp3) is 0.455. The molecule has 2 aliphatic rings. The van der Waals surface area contributed by atoms with Crippen molar-refractivity contribution in [3.8, 4) is 5.75 Å². The number of ether oxygens (including phenoxy) is 2. The van der Waals surface area contributed by atoms with Gasteiger partial charge in [-0.2, -0.15) is 0 Å². The first-order valence-electron chi connectivity index (χ1n) is 10.3. The largest absolute Gasteiger partial charge is 0.491 e. The van der Waals surface area contributed by atoms with Crippen LogP contribution in [0.3, 0.4) is 0 Å². The van der Waals surface area contributed by atoms with Crippen LogP contribution in [0, 0.1) is 6.92 Å². The van der Waals surface area contributed by atoms with Crippen LogP contribution < -0.4 is 4.74 Å². The average Bonchev–Trinajstić information content (AvgIpc) is 3.42. The average molecular weight is 425 g/mol. The highest BCUT2D eigenvalue weighted by molar-refractivity contribution is 7.20. The standard InChI is InChI=1S/C22H24N4O3S/c1-13-17-18(15-6-9-28-11-15)24-12-25-21(17)30-20(13)22(27)26(2)10-14-5-7-23-16-4-3-8-29-19(14)16/h5,7,12,15H,3-4,6,8-11H2,1-2H3. The Bertz CT molecular complexity index is 1110. The zero-order valence-corrected chi connectivity index (χ0v) is 18.0. The van der Waals surface area contributed by atoms with E-state index in [9.17, 15) is 4.79 Å². The van der Waals surface area contributed by atoms with Gasteiger partial charge >= 0.3 is 0 Å². The summed E-state index contributed by atoms with van der Waals surface area (Å²) in [5, 5.41) is 1.01. The molecule has 0 saturated carbocycles. The summed E-state index contributed by atoms with van der Waals surface area (Å²) >= 11 is 1.45. The molecule has 1 fully saturated rings. The summed E-state index contributed by atoms with van der Waals surface area (Å²) < 4.78 is 11.4. The minimum absolute atomic E-state index is 0.00880. The van der Waals surface area contributed by atoms with Crippen LogP contribution in [0.15, 0.2) is 18.6 Å². The van der Waals surface area contributed by atoms with E-state index in [0.717, 1.165) is 69.2 Å². The van der Waals surface area contributed by atoms with Crippen LogP contribution in [0.25, 0.3) is 10.2 Å². The van der Waals surface area contributed by atoms with Gasteiger partial charge in [-0.1, -0.05) is 0 Å². The highest BCUT2D eigenvalue weighted by Crippen LogP contribution is 2.37. The third-order valence-corrected chi connectivity index (χ3v) is 7.07. The molecule has 1 atom stereocenters. The molecule has 5 heterocycles. The van der Waals surface area contributed by atoms with Crippen molar-refractivity contribution in [2.45, 2.75) is 38.6 Å². The molecule has 2 aliphatic heterocycles. The second kappa shape index (κ2) is 7.92. The Balaban J connectivity index is 1.45. The Morgan fingerprint density at radius 1 is 1.30 bits per heavy atom. The number of hydrogen-bond acceptors (Lipinski definition) is 7. The maximum atomic E-state index is 13.3. The number of carbonyl (C=O) groups excluding carboxylic acids is 1. The van der Waals surface area contributed by atoms with E-state index in [1.165, 1.54) is 11.3 Å². The third-order valence-electron chi connectivity index (χ3n) is 5.89. The van der Waals surface area contributed by atoms with E-state index in [2.05, 4.69) is 15.0 Å². The number of aromatic nitrogens is 3. The summed E-state index contributed by atoms with van der Waals surface area (Å²) in [4.78, 5) is 30.1. The Morgan fingerprint density at radius 2 is 2.20 bits per heavy atom.